The number of aliphatic hydroxyl groups excluding tert-OH is 1. The van der Waals surface area contributed by atoms with Gasteiger partial charge in [-0.1, -0.05) is 6.92 Å². The summed E-state index contributed by atoms with van der Waals surface area (Å²) >= 11 is 0. The highest BCUT2D eigenvalue weighted by Crippen LogP contribution is 2.20. The molecule has 0 aliphatic rings. The van der Waals surface area contributed by atoms with Crippen LogP contribution in [-0.4, -0.2) is 38.9 Å². The fraction of sp³-hybridized carbons (Fsp3) is 0.667. The molecular formula is C12H23N5O2. The summed E-state index contributed by atoms with van der Waals surface area (Å²) < 4.78 is 0. The van der Waals surface area contributed by atoms with Gasteiger partial charge in [-0.3, -0.25) is 0 Å². The second kappa shape index (κ2) is 6.65. The summed E-state index contributed by atoms with van der Waals surface area (Å²) in [6.07, 6.45) is 1.68. The van der Waals surface area contributed by atoms with Crippen LogP contribution in [0.2, 0.25) is 0 Å². The molecule has 19 heavy (non-hydrogen) atoms. The minimum Gasteiger partial charge on any atom is -0.393 e. The predicted molar refractivity (Wildman–Crippen MR) is 74.8 cm³/mol. The van der Waals surface area contributed by atoms with Crippen molar-refractivity contribution in [2.24, 2.45) is 5.84 Å². The number of hydrogen-bond acceptors (Lipinski definition) is 7. The van der Waals surface area contributed by atoms with Gasteiger partial charge >= 0.3 is 0 Å². The van der Waals surface area contributed by atoms with E-state index >= 15 is 0 Å². The van der Waals surface area contributed by atoms with Crippen molar-refractivity contribution in [2.75, 3.05) is 23.9 Å². The van der Waals surface area contributed by atoms with E-state index in [1.807, 2.05) is 13.8 Å². The number of hydrogen-bond donors (Lipinski definition) is 5. The molecule has 0 aromatic carbocycles. The maximum atomic E-state index is 9.78. The number of aryl methyl sites for hydroxylation is 1. The van der Waals surface area contributed by atoms with Gasteiger partial charge in [-0.05, 0) is 20.3 Å². The van der Waals surface area contributed by atoms with Gasteiger partial charge in [0.1, 0.15) is 23.1 Å². The zero-order valence-electron chi connectivity index (χ0n) is 11.7. The summed E-state index contributed by atoms with van der Waals surface area (Å²) in [6.45, 7) is 5.29. The first-order valence-electron chi connectivity index (χ1n) is 6.34. The molecule has 0 bridgehead atoms. The summed E-state index contributed by atoms with van der Waals surface area (Å²) in [7, 11) is 0. The first-order chi connectivity index (χ1) is 8.93. The maximum absolute atomic E-state index is 9.78. The lowest BCUT2D eigenvalue weighted by Gasteiger charge is -2.22. The summed E-state index contributed by atoms with van der Waals surface area (Å²) in [5.41, 5.74) is 2.12. The Morgan fingerprint density at radius 2 is 1.95 bits per heavy atom. The van der Waals surface area contributed by atoms with Crippen LogP contribution in [0.4, 0.5) is 11.6 Å². The van der Waals surface area contributed by atoms with Crippen LogP contribution in [0.25, 0.3) is 0 Å². The van der Waals surface area contributed by atoms with Crippen LogP contribution < -0.4 is 16.6 Å². The lowest BCUT2D eigenvalue weighted by molar-refractivity contribution is 0.0131. The fourth-order valence-corrected chi connectivity index (χ4v) is 1.54. The first-order valence-corrected chi connectivity index (χ1v) is 6.34. The summed E-state index contributed by atoms with van der Waals surface area (Å²) in [5, 5.41) is 21.8. The van der Waals surface area contributed by atoms with E-state index in [0.29, 0.717) is 17.5 Å². The van der Waals surface area contributed by atoms with Crippen molar-refractivity contribution < 1.29 is 10.2 Å². The summed E-state index contributed by atoms with van der Waals surface area (Å²) in [5.74, 6) is 7.29. The Labute approximate surface area is 113 Å². The molecule has 108 valence electrons. The number of nitrogens with zero attached hydrogens (tertiary/aromatic N) is 2. The average Bonchev–Trinajstić information content (AvgIpc) is 2.39. The number of rotatable bonds is 7. The molecule has 1 atom stereocenters. The standard InChI is InChI=1S/C12H23N5O2/c1-4-5-9-15-10(8(2)11(16-9)17-13)14-6-12(3,19)7-18/h18-19H,4-7,13H2,1-3H3,(H2,14,15,16,17). The average molecular weight is 269 g/mol. The van der Waals surface area contributed by atoms with Gasteiger partial charge in [-0.15, -0.1) is 0 Å². The third-order valence-corrected chi connectivity index (χ3v) is 2.78. The lowest BCUT2D eigenvalue weighted by atomic mass is 10.1. The number of anilines is 2. The number of hydrazine groups is 1. The minimum atomic E-state index is -1.20. The Kier molecular flexibility index (Phi) is 5.46. The number of nitrogens with two attached hydrogens (primary N) is 1. The third-order valence-electron chi connectivity index (χ3n) is 2.78. The number of nitrogens with one attached hydrogen (secondary N) is 2. The molecule has 0 amide bonds. The molecule has 1 aromatic heterocycles. The van der Waals surface area contributed by atoms with E-state index in [0.717, 1.165) is 18.4 Å². The van der Waals surface area contributed by atoms with Crippen molar-refractivity contribution in [3.8, 4) is 0 Å². The first kappa shape index (κ1) is 15.6. The Morgan fingerprint density at radius 3 is 2.47 bits per heavy atom. The monoisotopic (exact) mass is 269 g/mol. The van der Waals surface area contributed by atoms with Gasteiger partial charge in [0.05, 0.1) is 6.61 Å². The van der Waals surface area contributed by atoms with Crippen LogP contribution in [0.3, 0.4) is 0 Å². The Balaban J connectivity index is 2.95. The number of nitrogen functional groups attached to an aromatic ring is 1. The van der Waals surface area contributed by atoms with Gasteiger partial charge in [0.15, 0.2) is 0 Å². The zero-order valence-corrected chi connectivity index (χ0v) is 11.7. The minimum absolute atomic E-state index is 0.191. The highest BCUT2D eigenvalue weighted by molar-refractivity contribution is 5.56. The fourth-order valence-electron chi connectivity index (χ4n) is 1.54. The van der Waals surface area contributed by atoms with Crippen molar-refractivity contribution >= 4 is 11.6 Å². The molecule has 0 spiro atoms. The van der Waals surface area contributed by atoms with Gasteiger partial charge in [0, 0.05) is 18.5 Å². The van der Waals surface area contributed by atoms with Crippen molar-refractivity contribution in [2.45, 2.75) is 39.2 Å². The molecule has 0 aliphatic carbocycles. The molecule has 7 nitrogen and oxygen atoms in total. The van der Waals surface area contributed by atoms with E-state index in [2.05, 4.69) is 20.7 Å². The van der Waals surface area contributed by atoms with Gasteiger partial charge in [-0.25, -0.2) is 15.8 Å². The second-order valence-electron chi connectivity index (χ2n) is 4.86. The molecule has 0 radical (unpaired) electrons. The van der Waals surface area contributed by atoms with Gasteiger partial charge in [-0.2, -0.15) is 0 Å². The largest absolute Gasteiger partial charge is 0.393 e. The van der Waals surface area contributed by atoms with Crippen LogP contribution in [-0.2, 0) is 6.42 Å². The summed E-state index contributed by atoms with van der Waals surface area (Å²) in [4.78, 5) is 8.70. The van der Waals surface area contributed by atoms with Crippen molar-refractivity contribution in [1.82, 2.24) is 9.97 Å². The quantitative estimate of drug-likeness (QED) is 0.354. The van der Waals surface area contributed by atoms with E-state index in [9.17, 15) is 5.11 Å². The van der Waals surface area contributed by atoms with Gasteiger partial charge < -0.3 is 21.0 Å². The molecule has 1 heterocycles. The van der Waals surface area contributed by atoms with Crippen LogP contribution in [0.15, 0.2) is 0 Å². The van der Waals surface area contributed by atoms with E-state index in [4.69, 9.17) is 10.9 Å². The van der Waals surface area contributed by atoms with Gasteiger partial charge in [0.25, 0.3) is 0 Å². The number of aliphatic hydroxyl groups is 2. The molecule has 6 N–H and O–H groups in total. The van der Waals surface area contributed by atoms with Crippen LogP contribution in [0.1, 0.15) is 31.7 Å². The normalized spacial score (nSPS) is 14.0. The zero-order chi connectivity index (χ0) is 14.5. The molecule has 0 saturated heterocycles. The summed E-state index contributed by atoms with van der Waals surface area (Å²) in [6, 6.07) is 0. The molecule has 0 fully saturated rings. The highest BCUT2D eigenvalue weighted by Gasteiger charge is 2.20. The second-order valence-corrected chi connectivity index (χ2v) is 4.86. The van der Waals surface area contributed by atoms with E-state index in [-0.39, 0.29) is 13.2 Å². The number of aromatic nitrogens is 2. The van der Waals surface area contributed by atoms with Crippen LogP contribution in [0, 0.1) is 6.92 Å². The van der Waals surface area contributed by atoms with E-state index < -0.39 is 5.60 Å². The van der Waals surface area contributed by atoms with Crippen LogP contribution >= 0.6 is 0 Å². The Hall–Kier alpha value is -1.44. The predicted octanol–water partition coefficient (Wildman–Crippen LogP) is 0.178. The maximum Gasteiger partial charge on any atom is 0.148 e. The highest BCUT2D eigenvalue weighted by atomic mass is 16.3. The molecule has 7 heteroatoms. The Morgan fingerprint density at radius 1 is 1.32 bits per heavy atom. The van der Waals surface area contributed by atoms with E-state index in [1.54, 1.807) is 6.92 Å². The smallest absolute Gasteiger partial charge is 0.148 e. The van der Waals surface area contributed by atoms with Gasteiger partial charge in [0.2, 0.25) is 0 Å². The molecule has 1 aromatic rings. The molecule has 1 rings (SSSR count). The molecule has 0 aliphatic heterocycles. The van der Waals surface area contributed by atoms with Crippen LogP contribution in [0.5, 0.6) is 0 Å². The molecule has 1 unspecified atom stereocenters. The third kappa shape index (κ3) is 4.30. The lowest BCUT2D eigenvalue weighted by Crippen LogP contribution is -2.37. The molecular weight excluding hydrogens is 246 g/mol. The van der Waals surface area contributed by atoms with Crippen molar-refractivity contribution in [3.05, 3.63) is 11.4 Å². The molecule has 0 saturated carbocycles. The van der Waals surface area contributed by atoms with Crippen molar-refractivity contribution in [3.63, 3.8) is 0 Å². The SMILES string of the molecule is CCCc1nc(NN)c(C)c(NCC(C)(O)CO)n1. The van der Waals surface area contributed by atoms with Crippen molar-refractivity contribution in [1.29, 1.82) is 0 Å². The Bertz CT molecular complexity index is 423. The topological polar surface area (TPSA) is 116 Å². The van der Waals surface area contributed by atoms with E-state index in [1.165, 1.54) is 0 Å².